The Bertz CT molecular complexity index is 639. The van der Waals surface area contributed by atoms with Gasteiger partial charge < -0.3 is 19.1 Å². The van der Waals surface area contributed by atoms with Crippen LogP contribution in [0.25, 0.3) is 0 Å². The zero-order valence-corrected chi connectivity index (χ0v) is 12.5. The van der Waals surface area contributed by atoms with Crippen molar-refractivity contribution in [2.75, 3.05) is 7.11 Å². The van der Waals surface area contributed by atoms with Crippen LogP contribution in [0, 0.1) is 0 Å². The minimum absolute atomic E-state index is 0.126. The molecule has 1 aromatic carbocycles. The van der Waals surface area contributed by atoms with Gasteiger partial charge in [0.2, 0.25) is 0 Å². The molecule has 0 aliphatic carbocycles. The van der Waals surface area contributed by atoms with Crippen molar-refractivity contribution >= 4 is 21.9 Å². The van der Waals surface area contributed by atoms with Crippen LogP contribution in [0.5, 0.6) is 11.5 Å². The van der Waals surface area contributed by atoms with Crippen molar-refractivity contribution in [1.29, 1.82) is 0 Å². The highest BCUT2D eigenvalue weighted by atomic mass is 79.9. The molecule has 0 radical (unpaired) electrons. The Kier molecular flexibility index (Phi) is 4.29. The number of nitrogens with zero attached hydrogens (tertiary/aromatic N) is 2. The number of carboxylic acids is 1. The minimum atomic E-state index is -1.03. The smallest absolute Gasteiger partial charge is 0.335 e. The summed E-state index contributed by atoms with van der Waals surface area (Å²) in [7, 11) is 3.33. The van der Waals surface area contributed by atoms with Crippen molar-refractivity contribution in [3.63, 3.8) is 0 Å². The summed E-state index contributed by atoms with van der Waals surface area (Å²) in [4.78, 5) is 15.0. The zero-order valence-electron chi connectivity index (χ0n) is 11.0. The third-order valence-corrected chi connectivity index (χ3v) is 3.35. The molecule has 0 saturated carbocycles. The van der Waals surface area contributed by atoms with Gasteiger partial charge in [0.05, 0.1) is 35.4 Å². The first-order valence-electron chi connectivity index (χ1n) is 5.71. The third kappa shape index (κ3) is 2.93. The maximum atomic E-state index is 11.0. The van der Waals surface area contributed by atoms with Gasteiger partial charge in [0, 0.05) is 7.05 Å². The van der Waals surface area contributed by atoms with Crippen LogP contribution in [-0.2, 0) is 13.7 Å². The fourth-order valence-electron chi connectivity index (χ4n) is 1.65. The number of carboxylic acid groups (broad SMARTS) is 1. The van der Waals surface area contributed by atoms with Gasteiger partial charge in [0.15, 0.2) is 11.5 Å². The molecule has 7 heteroatoms. The van der Waals surface area contributed by atoms with E-state index in [-0.39, 0.29) is 5.56 Å². The summed E-state index contributed by atoms with van der Waals surface area (Å²) in [5, 5.41) is 9.01. The zero-order chi connectivity index (χ0) is 14.7. The predicted octanol–water partition coefficient (Wildman–Crippen LogP) is 2.47. The van der Waals surface area contributed by atoms with Gasteiger partial charge in [-0.15, -0.1) is 0 Å². The van der Waals surface area contributed by atoms with Crippen molar-refractivity contribution in [3.05, 3.63) is 40.4 Å². The lowest BCUT2D eigenvalue weighted by Gasteiger charge is -2.13. The van der Waals surface area contributed by atoms with Crippen LogP contribution in [0.2, 0.25) is 0 Å². The largest absolute Gasteiger partial charge is 0.493 e. The number of aryl methyl sites for hydroxylation is 1. The van der Waals surface area contributed by atoms with Crippen LogP contribution < -0.4 is 9.47 Å². The highest BCUT2D eigenvalue weighted by Crippen LogP contribution is 2.37. The number of imidazole rings is 1. The molecule has 0 spiro atoms. The molecule has 0 bridgehead atoms. The molecule has 0 amide bonds. The van der Waals surface area contributed by atoms with E-state index in [9.17, 15) is 4.79 Å². The second-order valence-electron chi connectivity index (χ2n) is 4.08. The standard InChI is InChI=1S/C13H13BrN2O4/c1-16-7-15-5-9(16)6-20-12-10(14)3-8(13(17)18)4-11(12)19-2/h3-5,7H,6H2,1-2H3,(H,17,18). The Morgan fingerprint density at radius 2 is 2.25 bits per heavy atom. The van der Waals surface area contributed by atoms with Gasteiger partial charge in [-0.05, 0) is 28.1 Å². The fraction of sp³-hybridized carbons (Fsp3) is 0.231. The van der Waals surface area contributed by atoms with E-state index < -0.39 is 5.97 Å². The molecular weight excluding hydrogens is 328 g/mol. The molecule has 2 rings (SSSR count). The van der Waals surface area contributed by atoms with E-state index in [1.165, 1.54) is 19.2 Å². The Labute approximate surface area is 124 Å². The lowest BCUT2D eigenvalue weighted by atomic mass is 10.2. The number of ether oxygens (including phenoxy) is 2. The molecule has 0 saturated heterocycles. The number of hydrogen-bond donors (Lipinski definition) is 1. The van der Waals surface area contributed by atoms with E-state index >= 15 is 0 Å². The summed E-state index contributed by atoms with van der Waals surface area (Å²) in [6.45, 7) is 0.303. The Morgan fingerprint density at radius 1 is 1.50 bits per heavy atom. The first kappa shape index (κ1) is 14.4. The summed E-state index contributed by atoms with van der Waals surface area (Å²) >= 11 is 3.30. The SMILES string of the molecule is COc1cc(C(=O)O)cc(Br)c1OCc1cncn1C. The Morgan fingerprint density at radius 3 is 2.80 bits per heavy atom. The number of aromatic nitrogens is 2. The molecule has 6 nitrogen and oxygen atoms in total. The van der Waals surface area contributed by atoms with Crippen molar-refractivity contribution in [3.8, 4) is 11.5 Å². The monoisotopic (exact) mass is 340 g/mol. The number of carbonyl (C=O) groups is 1. The van der Waals surface area contributed by atoms with Crippen LogP contribution in [0.1, 0.15) is 16.1 Å². The molecule has 20 heavy (non-hydrogen) atoms. The molecule has 2 aromatic rings. The molecule has 106 valence electrons. The second-order valence-corrected chi connectivity index (χ2v) is 4.93. The van der Waals surface area contributed by atoms with Gasteiger partial charge in [-0.3, -0.25) is 0 Å². The van der Waals surface area contributed by atoms with E-state index in [1.807, 2.05) is 11.6 Å². The van der Waals surface area contributed by atoms with E-state index in [1.54, 1.807) is 12.5 Å². The fourth-order valence-corrected chi connectivity index (χ4v) is 2.21. The van der Waals surface area contributed by atoms with Crippen molar-refractivity contribution in [1.82, 2.24) is 9.55 Å². The van der Waals surface area contributed by atoms with Gasteiger partial charge in [0.1, 0.15) is 6.61 Å². The first-order valence-corrected chi connectivity index (χ1v) is 6.51. The van der Waals surface area contributed by atoms with Gasteiger partial charge in [-0.2, -0.15) is 0 Å². The maximum absolute atomic E-state index is 11.0. The average Bonchev–Trinajstić information content (AvgIpc) is 2.82. The summed E-state index contributed by atoms with van der Waals surface area (Å²) in [6.07, 6.45) is 3.38. The summed E-state index contributed by atoms with van der Waals surface area (Å²) in [5.41, 5.74) is 1.02. The van der Waals surface area contributed by atoms with Crippen LogP contribution in [0.4, 0.5) is 0 Å². The molecule has 1 N–H and O–H groups in total. The molecule has 1 heterocycles. The minimum Gasteiger partial charge on any atom is -0.493 e. The summed E-state index contributed by atoms with van der Waals surface area (Å²) in [5.74, 6) is -0.208. The van der Waals surface area contributed by atoms with Gasteiger partial charge in [-0.1, -0.05) is 0 Å². The lowest BCUT2D eigenvalue weighted by molar-refractivity contribution is 0.0696. The molecular formula is C13H13BrN2O4. The van der Waals surface area contributed by atoms with Crippen molar-refractivity contribution < 1.29 is 19.4 Å². The number of benzene rings is 1. The van der Waals surface area contributed by atoms with Crippen LogP contribution in [-0.4, -0.2) is 27.7 Å². The molecule has 0 atom stereocenters. The number of rotatable bonds is 5. The van der Waals surface area contributed by atoms with Crippen molar-refractivity contribution in [2.24, 2.45) is 7.05 Å². The average molecular weight is 341 g/mol. The molecule has 0 unspecified atom stereocenters. The van der Waals surface area contributed by atoms with Gasteiger partial charge >= 0.3 is 5.97 Å². The first-order chi connectivity index (χ1) is 9.52. The van der Waals surface area contributed by atoms with E-state index in [4.69, 9.17) is 14.6 Å². The highest BCUT2D eigenvalue weighted by molar-refractivity contribution is 9.10. The number of halogens is 1. The quantitative estimate of drug-likeness (QED) is 0.904. The molecule has 0 aliphatic rings. The number of aromatic carboxylic acids is 1. The molecule has 0 fully saturated rings. The third-order valence-electron chi connectivity index (χ3n) is 2.76. The predicted molar refractivity (Wildman–Crippen MR) is 75.2 cm³/mol. The van der Waals surface area contributed by atoms with Crippen LogP contribution >= 0.6 is 15.9 Å². The topological polar surface area (TPSA) is 73.6 Å². The van der Waals surface area contributed by atoms with Gasteiger partial charge in [0.25, 0.3) is 0 Å². The molecule has 0 aliphatic heterocycles. The summed E-state index contributed by atoms with van der Waals surface area (Å²) in [6, 6.07) is 2.90. The van der Waals surface area contributed by atoms with Crippen molar-refractivity contribution in [2.45, 2.75) is 6.61 Å². The van der Waals surface area contributed by atoms with E-state index in [2.05, 4.69) is 20.9 Å². The lowest BCUT2D eigenvalue weighted by Crippen LogP contribution is -2.04. The highest BCUT2D eigenvalue weighted by Gasteiger charge is 2.15. The normalized spacial score (nSPS) is 10.3. The van der Waals surface area contributed by atoms with E-state index in [0.717, 1.165) is 5.69 Å². The number of methoxy groups -OCH3 is 1. The molecule has 1 aromatic heterocycles. The van der Waals surface area contributed by atoms with E-state index in [0.29, 0.717) is 22.6 Å². The number of hydrogen-bond acceptors (Lipinski definition) is 4. The maximum Gasteiger partial charge on any atom is 0.335 e. The van der Waals surface area contributed by atoms with Gasteiger partial charge in [-0.25, -0.2) is 9.78 Å². The second kappa shape index (κ2) is 5.96. The van der Waals surface area contributed by atoms with Crippen LogP contribution in [0.3, 0.4) is 0 Å². The van der Waals surface area contributed by atoms with Crippen LogP contribution in [0.15, 0.2) is 29.1 Å². The Balaban J connectivity index is 2.27. The Hall–Kier alpha value is -2.02. The summed E-state index contributed by atoms with van der Waals surface area (Å²) < 4.78 is 13.2.